The molecule has 6 heteroatoms. The van der Waals surface area contributed by atoms with Crippen LogP contribution in [0.1, 0.15) is 12.8 Å². The fraction of sp³-hybridized carbons (Fsp3) is 0.429. The van der Waals surface area contributed by atoms with E-state index in [1.807, 2.05) is 23.7 Å². The summed E-state index contributed by atoms with van der Waals surface area (Å²) < 4.78 is 13.6. The minimum absolute atomic E-state index is 0.0231. The summed E-state index contributed by atoms with van der Waals surface area (Å²) in [5.74, 6) is 1.62. The van der Waals surface area contributed by atoms with Gasteiger partial charge in [-0.3, -0.25) is 4.79 Å². The highest BCUT2D eigenvalue weighted by atomic mass is 32.1. The van der Waals surface area contributed by atoms with E-state index in [1.54, 1.807) is 14.2 Å². The smallest absolute Gasteiger partial charge is 0.251 e. The second-order valence-corrected chi connectivity index (χ2v) is 5.79. The average molecular weight is 292 g/mol. The standard InChI is InChI=1S/C14H16N2O3S/c1-16-11-9(18-2)6-7-10(19-3)12(11)20-14(16)15-13(17)8-4-5-8/h6-8H,4-5H2,1-3H3. The average Bonchev–Trinajstić information content (AvgIpc) is 3.25. The van der Waals surface area contributed by atoms with Crippen LogP contribution < -0.4 is 14.3 Å². The second-order valence-electron chi connectivity index (χ2n) is 4.82. The van der Waals surface area contributed by atoms with E-state index in [9.17, 15) is 4.79 Å². The Bertz CT molecular complexity index is 741. The predicted molar refractivity (Wildman–Crippen MR) is 77.2 cm³/mol. The Kier molecular flexibility index (Phi) is 3.25. The quantitative estimate of drug-likeness (QED) is 0.870. The predicted octanol–water partition coefficient (Wildman–Crippen LogP) is 2.09. The number of carbonyl (C=O) groups is 1. The third kappa shape index (κ3) is 2.10. The highest BCUT2D eigenvalue weighted by Gasteiger charge is 2.29. The van der Waals surface area contributed by atoms with Crippen LogP contribution in [0.15, 0.2) is 17.1 Å². The maximum atomic E-state index is 11.9. The van der Waals surface area contributed by atoms with Gasteiger partial charge in [0.2, 0.25) is 0 Å². The molecule has 0 radical (unpaired) electrons. The van der Waals surface area contributed by atoms with Gasteiger partial charge in [-0.15, -0.1) is 0 Å². The molecule has 3 rings (SSSR count). The van der Waals surface area contributed by atoms with Gasteiger partial charge in [0.25, 0.3) is 5.91 Å². The van der Waals surface area contributed by atoms with Crippen LogP contribution >= 0.6 is 11.3 Å². The normalized spacial score (nSPS) is 15.7. The summed E-state index contributed by atoms with van der Waals surface area (Å²) >= 11 is 1.45. The first-order chi connectivity index (χ1) is 9.65. The Morgan fingerprint density at radius 1 is 1.30 bits per heavy atom. The molecule has 1 amide bonds. The fourth-order valence-electron chi connectivity index (χ4n) is 2.15. The number of thiazole rings is 1. The number of nitrogens with zero attached hydrogens (tertiary/aromatic N) is 2. The molecular formula is C14H16N2O3S. The molecule has 1 aliphatic rings. The lowest BCUT2D eigenvalue weighted by atomic mass is 10.3. The Balaban J connectivity index is 2.24. The number of methoxy groups -OCH3 is 2. The molecule has 0 spiro atoms. The van der Waals surface area contributed by atoms with Gasteiger partial charge in [-0.05, 0) is 25.0 Å². The van der Waals surface area contributed by atoms with Crippen LogP contribution in [0.4, 0.5) is 0 Å². The number of benzene rings is 1. The van der Waals surface area contributed by atoms with Crippen molar-refractivity contribution in [1.82, 2.24) is 4.57 Å². The minimum Gasteiger partial charge on any atom is -0.495 e. The van der Waals surface area contributed by atoms with Crippen molar-refractivity contribution in [1.29, 1.82) is 0 Å². The monoisotopic (exact) mass is 292 g/mol. The fourth-order valence-corrected chi connectivity index (χ4v) is 3.28. The zero-order chi connectivity index (χ0) is 14.3. The van der Waals surface area contributed by atoms with Gasteiger partial charge in [-0.2, -0.15) is 4.99 Å². The first kappa shape index (κ1) is 13.2. The summed E-state index contributed by atoms with van der Waals surface area (Å²) in [5, 5.41) is 0. The summed E-state index contributed by atoms with van der Waals surface area (Å²) in [5.41, 5.74) is 0.902. The van der Waals surface area contributed by atoms with Crippen molar-refractivity contribution < 1.29 is 14.3 Å². The van der Waals surface area contributed by atoms with Crippen molar-refractivity contribution in [2.75, 3.05) is 14.2 Å². The molecule has 1 aromatic carbocycles. The minimum atomic E-state index is -0.0231. The molecular weight excluding hydrogens is 276 g/mol. The van der Waals surface area contributed by atoms with Gasteiger partial charge in [-0.25, -0.2) is 0 Å². The largest absolute Gasteiger partial charge is 0.495 e. The van der Waals surface area contributed by atoms with Crippen LogP contribution in [-0.4, -0.2) is 24.7 Å². The third-order valence-electron chi connectivity index (χ3n) is 3.45. The molecule has 0 atom stereocenters. The zero-order valence-electron chi connectivity index (χ0n) is 11.7. The molecule has 2 aromatic rings. The van der Waals surface area contributed by atoms with Gasteiger partial charge in [0, 0.05) is 13.0 Å². The van der Waals surface area contributed by atoms with Gasteiger partial charge < -0.3 is 14.0 Å². The Hall–Kier alpha value is -1.82. The third-order valence-corrected chi connectivity index (χ3v) is 4.59. The van der Waals surface area contributed by atoms with Crippen LogP contribution in [0.3, 0.4) is 0 Å². The molecule has 1 aliphatic carbocycles. The molecule has 20 heavy (non-hydrogen) atoms. The lowest BCUT2D eigenvalue weighted by Crippen LogP contribution is -2.14. The van der Waals surface area contributed by atoms with Crippen molar-refractivity contribution in [3.05, 3.63) is 16.9 Å². The summed E-state index contributed by atoms with van der Waals surface area (Å²) in [6.07, 6.45) is 1.92. The molecule has 0 aliphatic heterocycles. The summed E-state index contributed by atoms with van der Waals surface area (Å²) in [6.45, 7) is 0. The van der Waals surface area contributed by atoms with Crippen molar-refractivity contribution in [3.63, 3.8) is 0 Å². The van der Waals surface area contributed by atoms with Crippen molar-refractivity contribution in [3.8, 4) is 11.5 Å². The number of ether oxygens (including phenoxy) is 2. The van der Waals surface area contributed by atoms with Crippen LogP contribution in [-0.2, 0) is 11.8 Å². The first-order valence-electron chi connectivity index (χ1n) is 6.44. The number of fused-ring (bicyclic) bond motifs is 1. The van der Waals surface area contributed by atoms with E-state index in [0.29, 0.717) is 4.80 Å². The molecule has 0 bridgehead atoms. The van der Waals surface area contributed by atoms with Crippen molar-refractivity contribution in [2.24, 2.45) is 18.0 Å². The first-order valence-corrected chi connectivity index (χ1v) is 7.26. The molecule has 106 valence electrons. The Morgan fingerprint density at radius 2 is 1.95 bits per heavy atom. The maximum Gasteiger partial charge on any atom is 0.251 e. The van der Waals surface area contributed by atoms with Gasteiger partial charge in [0.15, 0.2) is 4.80 Å². The van der Waals surface area contributed by atoms with Crippen LogP contribution in [0, 0.1) is 5.92 Å². The Labute approximate surface area is 120 Å². The van der Waals surface area contributed by atoms with Crippen LogP contribution in [0.25, 0.3) is 10.2 Å². The number of carbonyl (C=O) groups excluding carboxylic acids is 1. The summed E-state index contributed by atoms with van der Waals surface area (Å²) in [4.78, 5) is 16.8. The van der Waals surface area contributed by atoms with E-state index in [2.05, 4.69) is 4.99 Å². The van der Waals surface area contributed by atoms with Gasteiger partial charge in [0.05, 0.1) is 14.2 Å². The van der Waals surface area contributed by atoms with E-state index in [0.717, 1.165) is 34.6 Å². The van der Waals surface area contributed by atoms with Crippen LogP contribution in [0.5, 0.6) is 11.5 Å². The molecule has 0 N–H and O–H groups in total. The van der Waals surface area contributed by atoms with Crippen molar-refractivity contribution in [2.45, 2.75) is 12.8 Å². The highest BCUT2D eigenvalue weighted by Crippen LogP contribution is 2.35. The van der Waals surface area contributed by atoms with E-state index in [4.69, 9.17) is 9.47 Å². The maximum absolute atomic E-state index is 11.9. The number of aromatic nitrogens is 1. The van der Waals surface area contributed by atoms with Gasteiger partial charge in [-0.1, -0.05) is 11.3 Å². The highest BCUT2D eigenvalue weighted by molar-refractivity contribution is 7.16. The lowest BCUT2D eigenvalue weighted by molar-refractivity contribution is -0.119. The summed E-state index contributed by atoms with van der Waals surface area (Å²) in [7, 11) is 5.15. The Morgan fingerprint density at radius 3 is 2.55 bits per heavy atom. The lowest BCUT2D eigenvalue weighted by Gasteiger charge is -2.06. The molecule has 1 aromatic heterocycles. The molecule has 1 heterocycles. The SMILES string of the molecule is COc1ccc(OC)c2c1sc(=NC(=O)C1CC1)n2C. The van der Waals surface area contributed by atoms with Crippen molar-refractivity contribution >= 4 is 27.5 Å². The molecule has 1 fully saturated rings. The second kappa shape index (κ2) is 4.94. The topological polar surface area (TPSA) is 52.8 Å². The molecule has 1 saturated carbocycles. The molecule has 5 nitrogen and oxygen atoms in total. The zero-order valence-corrected chi connectivity index (χ0v) is 12.5. The number of hydrogen-bond acceptors (Lipinski definition) is 4. The van der Waals surface area contributed by atoms with Gasteiger partial charge in [0.1, 0.15) is 21.7 Å². The number of aryl methyl sites for hydroxylation is 1. The number of rotatable bonds is 3. The number of amides is 1. The number of hydrogen-bond donors (Lipinski definition) is 0. The van der Waals surface area contributed by atoms with E-state index in [1.165, 1.54) is 11.3 Å². The van der Waals surface area contributed by atoms with E-state index < -0.39 is 0 Å². The van der Waals surface area contributed by atoms with Gasteiger partial charge >= 0.3 is 0 Å². The summed E-state index contributed by atoms with van der Waals surface area (Å²) in [6, 6.07) is 3.73. The molecule has 0 saturated heterocycles. The van der Waals surface area contributed by atoms with Crippen LogP contribution in [0.2, 0.25) is 0 Å². The van der Waals surface area contributed by atoms with E-state index in [-0.39, 0.29) is 11.8 Å². The van der Waals surface area contributed by atoms with E-state index >= 15 is 0 Å². The molecule has 0 unspecified atom stereocenters.